The summed E-state index contributed by atoms with van der Waals surface area (Å²) in [5, 5.41) is 3.83. The van der Waals surface area contributed by atoms with Crippen LogP contribution >= 0.6 is 0 Å². The molecule has 21 heavy (non-hydrogen) atoms. The van der Waals surface area contributed by atoms with Crippen molar-refractivity contribution in [1.82, 2.24) is 5.32 Å². The first-order valence-electron chi connectivity index (χ1n) is 8.62. The summed E-state index contributed by atoms with van der Waals surface area (Å²) in [5.41, 5.74) is 4.87. The second-order valence-corrected chi connectivity index (χ2v) is 7.66. The molecule has 1 atom stereocenters. The average Bonchev–Trinajstić information content (AvgIpc) is 2.46. The summed E-state index contributed by atoms with van der Waals surface area (Å²) < 4.78 is 0. The number of fused-ring (bicyclic) bond motifs is 1. The van der Waals surface area contributed by atoms with Crippen LogP contribution in [-0.4, -0.2) is 19.6 Å². The quantitative estimate of drug-likeness (QED) is 0.899. The van der Waals surface area contributed by atoms with E-state index in [2.05, 4.69) is 49.3 Å². The van der Waals surface area contributed by atoms with Crippen molar-refractivity contribution in [1.29, 1.82) is 0 Å². The lowest BCUT2D eigenvalue weighted by molar-refractivity contribution is 0.167. The van der Waals surface area contributed by atoms with Gasteiger partial charge in [-0.3, -0.25) is 0 Å². The third-order valence-corrected chi connectivity index (χ3v) is 5.55. The largest absolute Gasteiger partial charge is 0.374 e. The molecule has 2 heteroatoms. The number of rotatable bonds is 3. The Labute approximate surface area is 129 Å². The van der Waals surface area contributed by atoms with Gasteiger partial charge in [0.05, 0.1) is 0 Å². The number of nitrogens with zero attached hydrogens (tertiary/aromatic N) is 1. The summed E-state index contributed by atoms with van der Waals surface area (Å²) in [6, 6.07) is 7.72. The van der Waals surface area contributed by atoms with Gasteiger partial charge in [0.1, 0.15) is 0 Å². The molecule has 1 aliphatic heterocycles. The van der Waals surface area contributed by atoms with Crippen LogP contribution in [0.5, 0.6) is 0 Å². The molecule has 0 radical (unpaired) electrons. The highest BCUT2D eigenvalue weighted by molar-refractivity contribution is 5.56. The molecule has 0 aromatic heterocycles. The standard InChI is InChI=1S/C19H30N2/c1-19(2)11-5-4-8-18(19)20-14-15-9-10-17-16(13-15)7-6-12-21(17)3/h9-10,13,18,20H,4-8,11-12,14H2,1-3H3. The smallest absolute Gasteiger partial charge is 0.0396 e. The fraction of sp³-hybridized carbons (Fsp3) is 0.684. The third-order valence-electron chi connectivity index (χ3n) is 5.55. The van der Waals surface area contributed by atoms with E-state index in [4.69, 9.17) is 0 Å². The Morgan fingerprint density at radius 1 is 1.24 bits per heavy atom. The number of hydrogen-bond acceptors (Lipinski definition) is 2. The normalized spacial score (nSPS) is 24.7. The van der Waals surface area contributed by atoms with Gasteiger partial charge in [-0.1, -0.05) is 38.8 Å². The molecule has 2 aliphatic rings. The lowest BCUT2D eigenvalue weighted by atomic mass is 9.73. The maximum atomic E-state index is 3.83. The van der Waals surface area contributed by atoms with Gasteiger partial charge >= 0.3 is 0 Å². The number of hydrogen-bond donors (Lipinski definition) is 1. The number of benzene rings is 1. The molecule has 1 N–H and O–H groups in total. The van der Waals surface area contributed by atoms with Gasteiger partial charge in [0.2, 0.25) is 0 Å². The molecule has 2 nitrogen and oxygen atoms in total. The minimum atomic E-state index is 0.451. The second-order valence-electron chi connectivity index (χ2n) is 7.66. The lowest BCUT2D eigenvalue weighted by Gasteiger charge is -2.39. The molecule has 1 unspecified atom stereocenters. The van der Waals surface area contributed by atoms with E-state index in [1.165, 1.54) is 61.9 Å². The Hall–Kier alpha value is -1.02. The van der Waals surface area contributed by atoms with Gasteiger partial charge < -0.3 is 10.2 Å². The first kappa shape index (κ1) is 14.9. The van der Waals surface area contributed by atoms with Gasteiger partial charge in [0, 0.05) is 31.9 Å². The maximum absolute atomic E-state index is 3.83. The highest BCUT2D eigenvalue weighted by atomic mass is 15.1. The summed E-state index contributed by atoms with van der Waals surface area (Å²) in [7, 11) is 2.21. The van der Waals surface area contributed by atoms with E-state index in [1.807, 2.05) is 0 Å². The van der Waals surface area contributed by atoms with Gasteiger partial charge in [0.25, 0.3) is 0 Å². The van der Waals surface area contributed by atoms with E-state index in [0.29, 0.717) is 11.5 Å². The number of aryl methyl sites for hydroxylation is 1. The molecule has 0 saturated heterocycles. The van der Waals surface area contributed by atoms with Crippen molar-refractivity contribution in [2.75, 3.05) is 18.5 Å². The third kappa shape index (κ3) is 3.26. The molecular formula is C19H30N2. The zero-order chi connectivity index (χ0) is 14.9. The van der Waals surface area contributed by atoms with Gasteiger partial charge in [-0.2, -0.15) is 0 Å². The van der Waals surface area contributed by atoms with Crippen LogP contribution in [0.1, 0.15) is 57.1 Å². The van der Waals surface area contributed by atoms with Crippen molar-refractivity contribution in [2.45, 2.75) is 65.0 Å². The Bertz CT molecular complexity index is 492. The van der Waals surface area contributed by atoms with Gasteiger partial charge in [-0.05, 0) is 48.3 Å². The molecule has 116 valence electrons. The van der Waals surface area contributed by atoms with E-state index in [9.17, 15) is 0 Å². The Balaban J connectivity index is 1.65. The molecule has 1 fully saturated rings. The molecule has 0 spiro atoms. The van der Waals surface area contributed by atoms with E-state index in [1.54, 1.807) is 0 Å². The van der Waals surface area contributed by atoms with Crippen molar-refractivity contribution in [2.24, 2.45) is 5.41 Å². The SMILES string of the molecule is CN1CCCc2cc(CNC3CCCCC3(C)C)ccc21. The zero-order valence-corrected chi connectivity index (χ0v) is 13.9. The van der Waals surface area contributed by atoms with Gasteiger partial charge in [-0.25, -0.2) is 0 Å². The number of anilines is 1. The molecule has 1 aromatic carbocycles. The Morgan fingerprint density at radius 3 is 2.90 bits per heavy atom. The molecule has 1 aliphatic carbocycles. The zero-order valence-electron chi connectivity index (χ0n) is 13.9. The Morgan fingerprint density at radius 2 is 2.10 bits per heavy atom. The minimum Gasteiger partial charge on any atom is -0.374 e. The van der Waals surface area contributed by atoms with E-state index in [0.717, 1.165) is 6.54 Å². The van der Waals surface area contributed by atoms with Crippen LogP contribution in [0.15, 0.2) is 18.2 Å². The topological polar surface area (TPSA) is 15.3 Å². The fourth-order valence-electron chi connectivity index (χ4n) is 4.06. The molecule has 3 rings (SSSR count). The summed E-state index contributed by atoms with van der Waals surface area (Å²) in [4.78, 5) is 2.39. The van der Waals surface area contributed by atoms with Crippen LogP contribution in [0.2, 0.25) is 0 Å². The molecule has 0 amide bonds. The summed E-state index contributed by atoms with van der Waals surface area (Å²) in [5.74, 6) is 0. The second kappa shape index (κ2) is 6.00. The van der Waals surface area contributed by atoms with E-state index >= 15 is 0 Å². The van der Waals surface area contributed by atoms with Crippen LogP contribution in [0.3, 0.4) is 0 Å². The van der Waals surface area contributed by atoms with Crippen molar-refractivity contribution >= 4 is 5.69 Å². The van der Waals surface area contributed by atoms with Crippen molar-refractivity contribution in [3.05, 3.63) is 29.3 Å². The van der Waals surface area contributed by atoms with Crippen molar-refractivity contribution in [3.8, 4) is 0 Å². The van der Waals surface area contributed by atoms with Crippen LogP contribution in [-0.2, 0) is 13.0 Å². The van der Waals surface area contributed by atoms with Crippen molar-refractivity contribution < 1.29 is 0 Å². The summed E-state index contributed by atoms with van der Waals surface area (Å²) in [6.07, 6.45) is 8.01. The lowest BCUT2D eigenvalue weighted by Crippen LogP contribution is -2.43. The van der Waals surface area contributed by atoms with Crippen LogP contribution < -0.4 is 10.2 Å². The molecular weight excluding hydrogens is 256 g/mol. The van der Waals surface area contributed by atoms with Crippen molar-refractivity contribution in [3.63, 3.8) is 0 Å². The predicted molar refractivity (Wildman–Crippen MR) is 90.9 cm³/mol. The molecule has 1 heterocycles. The maximum Gasteiger partial charge on any atom is 0.0396 e. The monoisotopic (exact) mass is 286 g/mol. The van der Waals surface area contributed by atoms with Gasteiger partial charge in [0.15, 0.2) is 0 Å². The van der Waals surface area contributed by atoms with Crippen LogP contribution in [0.4, 0.5) is 5.69 Å². The first-order valence-corrected chi connectivity index (χ1v) is 8.62. The molecule has 1 saturated carbocycles. The molecule has 1 aromatic rings. The van der Waals surface area contributed by atoms with E-state index < -0.39 is 0 Å². The minimum absolute atomic E-state index is 0.451. The Kier molecular flexibility index (Phi) is 4.26. The van der Waals surface area contributed by atoms with Crippen LogP contribution in [0.25, 0.3) is 0 Å². The fourth-order valence-corrected chi connectivity index (χ4v) is 4.06. The van der Waals surface area contributed by atoms with E-state index in [-0.39, 0.29) is 0 Å². The predicted octanol–water partition coefficient (Wildman–Crippen LogP) is 4.13. The highest BCUT2D eigenvalue weighted by Gasteiger charge is 2.31. The van der Waals surface area contributed by atoms with Crippen LogP contribution in [0, 0.1) is 5.41 Å². The molecule has 0 bridgehead atoms. The summed E-state index contributed by atoms with van der Waals surface area (Å²) >= 11 is 0. The highest BCUT2D eigenvalue weighted by Crippen LogP contribution is 2.35. The van der Waals surface area contributed by atoms with Gasteiger partial charge in [-0.15, -0.1) is 0 Å². The first-order chi connectivity index (χ1) is 10.1. The number of nitrogens with one attached hydrogen (secondary N) is 1. The average molecular weight is 286 g/mol. The summed E-state index contributed by atoms with van der Waals surface area (Å²) in [6.45, 7) is 7.06.